The summed E-state index contributed by atoms with van der Waals surface area (Å²) in [5, 5.41) is 13.3. The molecule has 0 bridgehead atoms. The lowest BCUT2D eigenvalue weighted by molar-refractivity contribution is -0.122. The van der Waals surface area contributed by atoms with Gasteiger partial charge in [0.05, 0.1) is 13.2 Å². The first-order valence-corrected chi connectivity index (χ1v) is 8.70. The van der Waals surface area contributed by atoms with Crippen molar-refractivity contribution in [3.8, 4) is 5.75 Å². The van der Waals surface area contributed by atoms with E-state index in [1.54, 1.807) is 6.92 Å². The number of carbonyl (C=O) groups excluding carboxylic acids is 1. The lowest BCUT2D eigenvalue weighted by Gasteiger charge is -2.24. The number of hydrogen-bond acceptors (Lipinski definition) is 3. The molecular weight excluding hydrogens is 370 g/mol. The maximum Gasteiger partial charge on any atom is 0.220 e. The molecule has 4 nitrogen and oxygen atoms in total. The molecule has 1 atom stereocenters. The third-order valence-corrected chi connectivity index (χ3v) is 4.18. The molecule has 1 amide bonds. The average molecular weight is 392 g/mol. The summed E-state index contributed by atoms with van der Waals surface area (Å²) in [5.74, 6) is 0.708. The highest BCUT2D eigenvalue weighted by atomic mass is 79.9. The van der Waals surface area contributed by atoms with Crippen LogP contribution in [-0.4, -0.2) is 24.2 Å². The first-order chi connectivity index (χ1) is 11.5. The van der Waals surface area contributed by atoms with E-state index in [4.69, 9.17) is 4.74 Å². The maximum atomic E-state index is 11.9. The largest absolute Gasteiger partial charge is 0.494 e. The molecular formula is C19H22BrNO3. The normalized spacial score (nSPS) is 13.1. The van der Waals surface area contributed by atoms with E-state index in [1.807, 2.05) is 54.6 Å². The Morgan fingerprint density at radius 2 is 1.83 bits per heavy atom. The fourth-order valence-corrected chi connectivity index (χ4v) is 2.47. The molecule has 0 aromatic heterocycles. The molecule has 5 heteroatoms. The van der Waals surface area contributed by atoms with E-state index in [0.29, 0.717) is 19.4 Å². The molecule has 0 aliphatic rings. The van der Waals surface area contributed by atoms with Crippen molar-refractivity contribution in [2.24, 2.45) is 0 Å². The fraction of sp³-hybridized carbons (Fsp3) is 0.316. The van der Waals surface area contributed by atoms with Crippen LogP contribution >= 0.6 is 15.9 Å². The van der Waals surface area contributed by atoms with E-state index >= 15 is 0 Å². The van der Waals surface area contributed by atoms with Gasteiger partial charge in [0.1, 0.15) is 11.4 Å². The van der Waals surface area contributed by atoms with Crippen LogP contribution in [0.15, 0.2) is 59.1 Å². The highest BCUT2D eigenvalue weighted by Crippen LogP contribution is 2.21. The van der Waals surface area contributed by atoms with Crippen LogP contribution in [0.2, 0.25) is 0 Å². The van der Waals surface area contributed by atoms with Gasteiger partial charge in [0, 0.05) is 10.9 Å². The van der Waals surface area contributed by atoms with Crippen LogP contribution < -0.4 is 10.1 Å². The van der Waals surface area contributed by atoms with Crippen LogP contribution in [-0.2, 0) is 10.4 Å². The van der Waals surface area contributed by atoms with Crippen LogP contribution in [0, 0.1) is 0 Å². The molecule has 2 aromatic carbocycles. The summed E-state index contributed by atoms with van der Waals surface area (Å²) < 4.78 is 6.50. The molecule has 2 rings (SSSR count). The van der Waals surface area contributed by atoms with Crippen molar-refractivity contribution < 1.29 is 14.6 Å². The third-order valence-electron chi connectivity index (χ3n) is 3.66. The number of para-hydroxylation sites is 1. The van der Waals surface area contributed by atoms with Crippen molar-refractivity contribution in [3.05, 3.63) is 64.6 Å². The lowest BCUT2D eigenvalue weighted by atomic mass is 9.96. The molecule has 0 aliphatic heterocycles. The quantitative estimate of drug-likeness (QED) is 0.675. The minimum atomic E-state index is -1.10. The number of aliphatic hydroxyl groups is 1. The van der Waals surface area contributed by atoms with Gasteiger partial charge in [-0.25, -0.2) is 0 Å². The van der Waals surface area contributed by atoms with Crippen LogP contribution in [0.1, 0.15) is 25.3 Å². The van der Waals surface area contributed by atoms with Gasteiger partial charge in [0.2, 0.25) is 5.91 Å². The maximum absolute atomic E-state index is 11.9. The highest BCUT2D eigenvalue weighted by Gasteiger charge is 2.23. The first kappa shape index (κ1) is 18.5. The molecule has 0 spiro atoms. The standard InChI is InChI=1S/C19H22BrNO3/c1-19(23,15-9-11-16(20)12-10-15)14-21-18(22)8-5-13-24-17-6-3-2-4-7-17/h2-4,6-7,9-12,23H,5,8,13-14H2,1H3,(H,21,22). The minimum Gasteiger partial charge on any atom is -0.494 e. The Balaban J connectivity index is 1.69. The number of hydrogen-bond donors (Lipinski definition) is 2. The van der Waals surface area contributed by atoms with Gasteiger partial charge in [-0.05, 0) is 43.2 Å². The number of carbonyl (C=O) groups is 1. The summed E-state index contributed by atoms with van der Waals surface area (Å²) in [6.45, 7) is 2.35. The minimum absolute atomic E-state index is 0.0935. The van der Waals surface area contributed by atoms with Gasteiger partial charge in [0.25, 0.3) is 0 Å². The fourth-order valence-electron chi connectivity index (χ4n) is 2.21. The Morgan fingerprint density at radius 3 is 2.50 bits per heavy atom. The highest BCUT2D eigenvalue weighted by molar-refractivity contribution is 9.10. The van der Waals surface area contributed by atoms with Crippen LogP contribution in [0.4, 0.5) is 0 Å². The second-order valence-electron chi connectivity index (χ2n) is 5.82. The van der Waals surface area contributed by atoms with E-state index in [1.165, 1.54) is 0 Å². The summed E-state index contributed by atoms with van der Waals surface area (Å²) in [4.78, 5) is 11.9. The average Bonchev–Trinajstić information content (AvgIpc) is 2.58. The van der Waals surface area contributed by atoms with Crippen LogP contribution in [0.25, 0.3) is 0 Å². The molecule has 0 heterocycles. The predicted octanol–water partition coefficient (Wildman–Crippen LogP) is 3.63. The molecule has 2 aromatic rings. The zero-order valence-electron chi connectivity index (χ0n) is 13.7. The molecule has 24 heavy (non-hydrogen) atoms. The summed E-state index contributed by atoms with van der Waals surface area (Å²) in [6, 6.07) is 16.9. The number of rotatable bonds is 8. The summed E-state index contributed by atoms with van der Waals surface area (Å²) >= 11 is 3.36. The van der Waals surface area contributed by atoms with Gasteiger partial charge >= 0.3 is 0 Å². The van der Waals surface area contributed by atoms with Gasteiger partial charge in [0.15, 0.2) is 0 Å². The van der Waals surface area contributed by atoms with E-state index in [0.717, 1.165) is 15.8 Å². The van der Waals surface area contributed by atoms with Crippen LogP contribution in [0.3, 0.4) is 0 Å². The molecule has 0 saturated carbocycles. The Hall–Kier alpha value is -1.85. The van der Waals surface area contributed by atoms with Crippen molar-refractivity contribution in [1.29, 1.82) is 0 Å². The summed E-state index contributed by atoms with van der Waals surface area (Å²) in [7, 11) is 0. The summed E-state index contributed by atoms with van der Waals surface area (Å²) in [5.41, 5.74) is -0.338. The first-order valence-electron chi connectivity index (χ1n) is 7.90. The molecule has 128 valence electrons. The predicted molar refractivity (Wildman–Crippen MR) is 97.9 cm³/mol. The third kappa shape index (κ3) is 5.98. The van der Waals surface area contributed by atoms with Gasteiger partial charge in [-0.1, -0.05) is 46.3 Å². The Bertz CT molecular complexity index is 641. The zero-order chi connectivity index (χ0) is 17.4. The van der Waals surface area contributed by atoms with Gasteiger partial charge in [-0.2, -0.15) is 0 Å². The topological polar surface area (TPSA) is 58.6 Å². The number of amides is 1. The monoisotopic (exact) mass is 391 g/mol. The zero-order valence-corrected chi connectivity index (χ0v) is 15.3. The van der Waals surface area contributed by atoms with Crippen molar-refractivity contribution in [2.75, 3.05) is 13.2 Å². The van der Waals surface area contributed by atoms with Gasteiger partial charge in [-0.15, -0.1) is 0 Å². The summed E-state index contributed by atoms with van der Waals surface area (Å²) in [6.07, 6.45) is 0.990. The Kier molecular flexibility index (Phi) is 6.82. The van der Waals surface area contributed by atoms with E-state index in [9.17, 15) is 9.90 Å². The number of benzene rings is 2. The second kappa shape index (κ2) is 8.85. The molecule has 2 N–H and O–H groups in total. The number of ether oxygens (including phenoxy) is 1. The number of halogens is 1. The van der Waals surface area contributed by atoms with Gasteiger partial charge in [-0.3, -0.25) is 4.79 Å². The van der Waals surface area contributed by atoms with Crippen molar-refractivity contribution >= 4 is 21.8 Å². The lowest BCUT2D eigenvalue weighted by Crippen LogP contribution is -2.38. The van der Waals surface area contributed by atoms with Crippen molar-refractivity contribution in [3.63, 3.8) is 0 Å². The molecule has 0 aliphatic carbocycles. The SMILES string of the molecule is CC(O)(CNC(=O)CCCOc1ccccc1)c1ccc(Br)cc1. The second-order valence-corrected chi connectivity index (χ2v) is 6.74. The van der Waals surface area contributed by atoms with Crippen molar-refractivity contribution in [2.45, 2.75) is 25.4 Å². The van der Waals surface area contributed by atoms with Crippen molar-refractivity contribution in [1.82, 2.24) is 5.32 Å². The van der Waals surface area contributed by atoms with E-state index < -0.39 is 5.60 Å². The Labute approximate surface area is 151 Å². The van der Waals surface area contributed by atoms with Gasteiger partial charge < -0.3 is 15.2 Å². The Morgan fingerprint density at radius 1 is 1.17 bits per heavy atom. The van der Waals surface area contributed by atoms with E-state index in [-0.39, 0.29) is 12.5 Å². The van der Waals surface area contributed by atoms with E-state index in [2.05, 4.69) is 21.2 Å². The molecule has 0 saturated heterocycles. The smallest absolute Gasteiger partial charge is 0.220 e. The molecule has 0 fully saturated rings. The van der Waals surface area contributed by atoms with Crippen LogP contribution in [0.5, 0.6) is 5.75 Å². The molecule has 0 radical (unpaired) electrons. The number of nitrogens with one attached hydrogen (secondary N) is 1. The molecule has 1 unspecified atom stereocenters.